The van der Waals surface area contributed by atoms with Crippen LogP contribution in [0.25, 0.3) is 0 Å². The fourth-order valence-electron chi connectivity index (χ4n) is 1.72. The molecular formula is C11H8BrF3O. The highest BCUT2D eigenvalue weighted by molar-refractivity contribution is 9.10. The molecule has 0 aromatic heterocycles. The molecule has 0 N–H and O–H groups in total. The Hall–Kier alpha value is -0.840. The van der Waals surface area contributed by atoms with Gasteiger partial charge in [0.15, 0.2) is 0 Å². The summed E-state index contributed by atoms with van der Waals surface area (Å²) in [4.78, 5) is 11.2. The summed E-state index contributed by atoms with van der Waals surface area (Å²) in [5.74, 6) is -0.128. The van der Waals surface area contributed by atoms with Crippen molar-refractivity contribution in [1.82, 2.24) is 0 Å². The lowest BCUT2D eigenvalue weighted by molar-refractivity contribution is -0.137. The minimum absolute atomic E-state index is 0.0976. The topological polar surface area (TPSA) is 17.1 Å². The minimum atomic E-state index is -4.34. The molecule has 2 rings (SSSR count). The highest BCUT2D eigenvalue weighted by Gasteiger charge is 2.34. The largest absolute Gasteiger partial charge is 0.416 e. The second-order valence-electron chi connectivity index (χ2n) is 3.79. The number of Topliss-reactive ketones (excluding diaryl/α,β-unsaturated/α-hetero) is 1. The first kappa shape index (κ1) is 11.6. The Morgan fingerprint density at radius 2 is 2.00 bits per heavy atom. The quantitative estimate of drug-likeness (QED) is 0.767. The van der Waals surface area contributed by atoms with Crippen LogP contribution in [-0.4, -0.2) is 5.78 Å². The fraction of sp³-hybridized carbons (Fsp3) is 0.364. The number of alkyl halides is 3. The van der Waals surface area contributed by atoms with E-state index in [1.54, 1.807) is 0 Å². The van der Waals surface area contributed by atoms with E-state index < -0.39 is 11.7 Å². The van der Waals surface area contributed by atoms with Gasteiger partial charge in [0.2, 0.25) is 0 Å². The maximum atomic E-state index is 12.4. The van der Waals surface area contributed by atoms with Crippen molar-refractivity contribution in [1.29, 1.82) is 0 Å². The summed E-state index contributed by atoms with van der Waals surface area (Å²) >= 11 is 3.09. The van der Waals surface area contributed by atoms with Crippen molar-refractivity contribution in [2.24, 2.45) is 0 Å². The predicted molar refractivity (Wildman–Crippen MR) is 56.1 cm³/mol. The minimum Gasteiger partial charge on any atom is -0.299 e. The molecule has 1 fully saturated rings. The summed E-state index contributed by atoms with van der Waals surface area (Å²) in [6, 6.07) is 3.43. The Balaban J connectivity index is 2.34. The summed E-state index contributed by atoms with van der Waals surface area (Å²) in [5.41, 5.74) is -0.0425. The van der Waals surface area contributed by atoms with Gasteiger partial charge in [-0.1, -0.05) is 22.0 Å². The predicted octanol–water partition coefficient (Wildman–Crippen LogP) is 3.91. The van der Waals surface area contributed by atoms with E-state index in [0.717, 1.165) is 18.6 Å². The summed E-state index contributed by atoms with van der Waals surface area (Å²) in [6.45, 7) is 0. The van der Waals surface area contributed by atoms with Crippen molar-refractivity contribution in [3.8, 4) is 0 Å². The van der Waals surface area contributed by atoms with Gasteiger partial charge in [0, 0.05) is 16.8 Å². The number of carbonyl (C=O) groups excluding carboxylic acids is 1. The van der Waals surface area contributed by atoms with Crippen LogP contribution in [0.4, 0.5) is 13.2 Å². The lowest BCUT2D eigenvalue weighted by Gasteiger charge is -2.25. The Morgan fingerprint density at radius 1 is 1.31 bits per heavy atom. The highest BCUT2D eigenvalue weighted by Crippen LogP contribution is 2.39. The zero-order chi connectivity index (χ0) is 11.9. The molecule has 16 heavy (non-hydrogen) atoms. The molecular weight excluding hydrogens is 285 g/mol. The number of hydrogen-bond acceptors (Lipinski definition) is 1. The zero-order valence-electron chi connectivity index (χ0n) is 8.14. The van der Waals surface area contributed by atoms with E-state index in [9.17, 15) is 18.0 Å². The number of hydrogen-bond donors (Lipinski definition) is 0. The smallest absolute Gasteiger partial charge is 0.299 e. The number of rotatable bonds is 1. The molecule has 0 aliphatic heterocycles. The van der Waals surface area contributed by atoms with E-state index in [1.807, 2.05) is 0 Å². The molecule has 0 heterocycles. The van der Waals surface area contributed by atoms with Crippen molar-refractivity contribution >= 4 is 21.7 Å². The van der Waals surface area contributed by atoms with Crippen molar-refractivity contribution < 1.29 is 18.0 Å². The van der Waals surface area contributed by atoms with Crippen LogP contribution in [0.2, 0.25) is 0 Å². The Kier molecular flexibility index (Phi) is 2.82. The number of ketones is 1. The van der Waals surface area contributed by atoms with Crippen molar-refractivity contribution in [2.75, 3.05) is 0 Å². The lowest BCUT2D eigenvalue weighted by atomic mass is 9.78. The maximum absolute atomic E-state index is 12.4. The summed E-state index contributed by atoms with van der Waals surface area (Å²) in [7, 11) is 0. The molecule has 1 atom stereocenters. The van der Waals surface area contributed by atoms with Gasteiger partial charge in [0.1, 0.15) is 5.78 Å². The van der Waals surface area contributed by atoms with Crippen LogP contribution in [0.3, 0.4) is 0 Å². The van der Waals surface area contributed by atoms with Gasteiger partial charge in [0.05, 0.1) is 5.56 Å². The molecule has 1 unspecified atom stereocenters. The van der Waals surface area contributed by atoms with E-state index in [0.29, 0.717) is 16.5 Å². The van der Waals surface area contributed by atoms with Crippen LogP contribution in [0.5, 0.6) is 0 Å². The maximum Gasteiger partial charge on any atom is 0.416 e. The molecule has 86 valence electrons. The van der Waals surface area contributed by atoms with E-state index in [2.05, 4.69) is 15.9 Å². The van der Waals surface area contributed by atoms with E-state index in [-0.39, 0.29) is 11.7 Å². The molecule has 1 aromatic carbocycles. The standard InChI is InChI=1S/C11H8BrF3O/c12-9-5-6(11(13,14)15)1-2-7(9)8-3-4-10(8)16/h1-2,5,8H,3-4H2. The molecule has 1 nitrogen and oxygen atoms in total. The molecule has 1 aliphatic rings. The lowest BCUT2D eigenvalue weighted by Crippen LogP contribution is -2.23. The molecule has 0 radical (unpaired) electrons. The summed E-state index contributed by atoms with van der Waals surface area (Å²) in [6.07, 6.45) is -3.09. The molecule has 5 heteroatoms. The number of halogens is 4. The number of benzene rings is 1. The van der Waals surface area contributed by atoms with Gasteiger partial charge in [0.25, 0.3) is 0 Å². The van der Waals surface area contributed by atoms with Crippen LogP contribution in [-0.2, 0) is 11.0 Å². The van der Waals surface area contributed by atoms with Gasteiger partial charge in [-0.15, -0.1) is 0 Å². The van der Waals surface area contributed by atoms with Crippen LogP contribution in [0, 0.1) is 0 Å². The van der Waals surface area contributed by atoms with Crippen molar-refractivity contribution in [3.05, 3.63) is 33.8 Å². The molecule has 0 saturated heterocycles. The van der Waals surface area contributed by atoms with Crippen molar-refractivity contribution in [3.63, 3.8) is 0 Å². The molecule has 0 amide bonds. The first-order valence-corrected chi connectivity index (χ1v) is 5.58. The summed E-state index contributed by atoms with van der Waals surface area (Å²) in [5, 5.41) is 0. The van der Waals surface area contributed by atoms with Crippen LogP contribution in [0.15, 0.2) is 22.7 Å². The Labute approximate surface area is 98.8 Å². The van der Waals surface area contributed by atoms with Crippen LogP contribution in [0.1, 0.15) is 29.9 Å². The van der Waals surface area contributed by atoms with Gasteiger partial charge in [-0.05, 0) is 24.1 Å². The molecule has 1 aromatic rings. The van der Waals surface area contributed by atoms with Gasteiger partial charge in [-0.25, -0.2) is 0 Å². The third kappa shape index (κ3) is 2.00. The third-order valence-electron chi connectivity index (χ3n) is 2.77. The van der Waals surface area contributed by atoms with Crippen LogP contribution < -0.4 is 0 Å². The van der Waals surface area contributed by atoms with E-state index in [4.69, 9.17) is 0 Å². The van der Waals surface area contributed by atoms with E-state index >= 15 is 0 Å². The van der Waals surface area contributed by atoms with Gasteiger partial charge < -0.3 is 0 Å². The first-order valence-electron chi connectivity index (χ1n) is 4.79. The second kappa shape index (κ2) is 3.87. The zero-order valence-corrected chi connectivity index (χ0v) is 9.73. The number of carbonyl (C=O) groups is 1. The Bertz CT molecular complexity index is 439. The second-order valence-corrected chi connectivity index (χ2v) is 4.65. The fourth-order valence-corrected chi connectivity index (χ4v) is 2.38. The van der Waals surface area contributed by atoms with Gasteiger partial charge >= 0.3 is 6.18 Å². The average molecular weight is 293 g/mol. The average Bonchev–Trinajstić information content (AvgIpc) is 2.17. The molecule has 0 bridgehead atoms. The summed E-state index contributed by atoms with van der Waals surface area (Å²) < 4.78 is 37.5. The third-order valence-corrected chi connectivity index (χ3v) is 3.46. The SMILES string of the molecule is O=C1CCC1c1ccc(C(F)(F)F)cc1Br. The first-order chi connectivity index (χ1) is 7.39. The normalized spacial score (nSPS) is 20.8. The molecule has 1 saturated carbocycles. The van der Waals surface area contributed by atoms with Gasteiger partial charge in [-0.2, -0.15) is 13.2 Å². The highest BCUT2D eigenvalue weighted by atomic mass is 79.9. The van der Waals surface area contributed by atoms with Crippen LogP contribution >= 0.6 is 15.9 Å². The van der Waals surface area contributed by atoms with E-state index in [1.165, 1.54) is 6.07 Å². The van der Waals surface area contributed by atoms with Crippen molar-refractivity contribution in [2.45, 2.75) is 24.9 Å². The monoisotopic (exact) mass is 292 g/mol. The molecule has 1 aliphatic carbocycles. The van der Waals surface area contributed by atoms with Gasteiger partial charge in [-0.3, -0.25) is 4.79 Å². The molecule has 0 spiro atoms. The Morgan fingerprint density at radius 3 is 2.38 bits per heavy atom.